The summed E-state index contributed by atoms with van der Waals surface area (Å²) in [6.45, 7) is 4.81. The molecule has 0 aliphatic rings. The van der Waals surface area contributed by atoms with E-state index in [4.69, 9.17) is 4.74 Å². The summed E-state index contributed by atoms with van der Waals surface area (Å²) in [7, 11) is 1.95. The molecule has 0 aliphatic carbocycles. The molecular formula is C11H16BrNO. The van der Waals surface area contributed by atoms with E-state index in [2.05, 4.69) is 34.2 Å². The third-order valence-electron chi connectivity index (χ3n) is 2.17. The van der Waals surface area contributed by atoms with Crippen molar-refractivity contribution in [3.05, 3.63) is 28.2 Å². The van der Waals surface area contributed by atoms with E-state index in [0.717, 1.165) is 10.2 Å². The molecule has 14 heavy (non-hydrogen) atoms. The Morgan fingerprint density at radius 3 is 2.79 bits per heavy atom. The first kappa shape index (κ1) is 11.5. The SMILES string of the molecule is CCOc1ccc(Br)cc1C(C)NC. The molecule has 2 nitrogen and oxygen atoms in total. The molecule has 78 valence electrons. The average Bonchev–Trinajstić information content (AvgIpc) is 2.20. The molecule has 0 bridgehead atoms. The van der Waals surface area contributed by atoms with Crippen LogP contribution in [0.1, 0.15) is 25.5 Å². The number of nitrogens with one attached hydrogen (secondary N) is 1. The molecule has 1 aromatic carbocycles. The van der Waals surface area contributed by atoms with Crippen LogP contribution in [0, 0.1) is 0 Å². The van der Waals surface area contributed by atoms with Crippen molar-refractivity contribution in [2.24, 2.45) is 0 Å². The monoisotopic (exact) mass is 257 g/mol. The van der Waals surface area contributed by atoms with E-state index in [-0.39, 0.29) is 0 Å². The maximum absolute atomic E-state index is 5.55. The topological polar surface area (TPSA) is 21.3 Å². The summed E-state index contributed by atoms with van der Waals surface area (Å²) in [6.07, 6.45) is 0. The molecule has 0 spiro atoms. The molecule has 1 atom stereocenters. The van der Waals surface area contributed by atoms with Crippen molar-refractivity contribution < 1.29 is 4.74 Å². The van der Waals surface area contributed by atoms with Crippen LogP contribution in [-0.4, -0.2) is 13.7 Å². The first-order valence-corrected chi connectivity index (χ1v) is 5.57. The Balaban J connectivity index is 3.02. The zero-order valence-electron chi connectivity index (χ0n) is 8.80. The van der Waals surface area contributed by atoms with Gasteiger partial charge in [0, 0.05) is 16.1 Å². The Morgan fingerprint density at radius 1 is 1.50 bits per heavy atom. The van der Waals surface area contributed by atoms with E-state index < -0.39 is 0 Å². The van der Waals surface area contributed by atoms with E-state index in [0.29, 0.717) is 12.6 Å². The maximum atomic E-state index is 5.55. The first-order valence-electron chi connectivity index (χ1n) is 4.78. The van der Waals surface area contributed by atoms with Crippen molar-refractivity contribution in [3.8, 4) is 5.75 Å². The van der Waals surface area contributed by atoms with Crippen molar-refractivity contribution in [3.63, 3.8) is 0 Å². The quantitative estimate of drug-likeness (QED) is 0.895. The van der Waals surface area contributed by atoms with E-state index >= 15 is 0 Å². The van der Waals surface area contributed by atoms with Gasteiger partial charge in [0.1, 0.15) is 5.75 Å². The molecule has 1 N–H and O–H groups in total. The minimum Gasteiger partial charge on any atom is -0.494 e. The second kappa shape index (κ2) is 5.37. The largest absolute Gasteiger partial charge is 0.494 e. The van der Waals surface area contributed by atoms with Crippen molar-refractivity contribution in [2.75, 3.05) is 13.7 Å². The van der Waals surface area contributed by atoms with E-state index in [1.54, 1.807) is 0 Å². The molecule has 0 radical (unpaired) electrons. The molecule has 3 heteroatoms. The summed E-state index contributed by atoms with van der Waals surface area (Å²) >= 11 is 3.46. The summed E-state index contributed by atoms with van der Waals surface area (Å²) in [5.74, 6) is 0.956. The Hall–Kier alpha value is -0.540. The normalized spacial score (nSPS) is 12.6. The van der Waals surface area contributed by atoms with Crippen molar-refractivity contribution >= 4 is 15.9 Å². The van der Waals surface area contributed by atoms with Gasteiger partial charge in [-0.1, -0.05) is 15.9 Å². The van der Waals surface area contributed by atoms with Crippen LogP contribution in [0.25, 0.3) is 0 Å². The molecule has 0 saturated heterocycles. The van der Waals surface area contributed by atoms with Crippen LogP contribution in [0.5, 0.6) is 5.75 Å². The Kier molecular flexibility index (Phi) is 4.42. The summed E-state index contributed by atoms with van der Waals surface area (Å²) in [5, 5.41) is 3.21. The Bertz CT molecular complexity index is 301. The average molecular weight is 258 g/mol. The number of ether oxygens (including phenoxy) is 1. The van der Waals surface area contributed by atoms with Crippen LogP contribution in [0.3, 0.4) is 0 Å². The number of hydrogen-bond donors (Lipinski definition) is 1. The van der Waals surface area contributed by atoms with Gasteiger partial charge < -0.3 is 10.1 Å². The summed E-state index contributed by atoms with van der Waals surface area (Å²) in [6, 6.07) is 6.38. The van der Waals surface area contributed by atoms with Crippen LogP contribution in [0.4, 0.5) is 0 Å². The lowest BCUT2D eigenvalue weighted by atomic mass is 10.1. The highest BCUT2D eigenvalue weighted by atomic mass is 79.9. The third kappa shape index (κ3) is 2.72. The van der Waals surface area contributed by atoms with Gasteiger partial charge in [0.2, 0.25) is 0 Å². The standard InChI is InChI=1S/C11H16BrNO/c1-4-14-11-6-5-9(12)7-10(11)8(2)13-3/h5-8,13H,4H2,1-3H3. The molecule has 1 aromatic rings. The van der Waals surface area contributed by atoms with E-state index in [1.807, 2.05) is 26.1 Å². The van der Waals surface area contributed by atoms with Gasteiger partial charge in [-0.25, -0.2) is 0 Å². The number of hydrogen-bond acceptors (Lipinski definition) is 2. The molecule has 0 aromatic heterocycles. The number of rotatable bonds is 4. The maximum Gasteiger partial charge on any atom is 0.124 e. The van der Waals surface area contributed by atoms with Gasteiger partial charge in [-0.2, -0.15) is 0 Å². The van der Waals surface area contributed by atoms with E-state index in [9.17, 15) is 0 Å². The van der Waals surface area contributed by atoms with Crippen LogP contribution in [0.2, 0.25) is 0 Å². The molecular weight excluding hydrogens is 242 g/mol. The molecule has 0 saturated carbocycles. The second-order valence-electron chi connectivity index (χ2n) is 3.13. The molecule has 1 unspecified atom stereocenters. The fourth-order valence-corrected chi connectivity index (χ4v) is 1.68. The summed E-state index contributed by atoms with van der Waals surface area (Å²) < 4.78 is 6.64. The lowest BCUT2D eigenvalue weighted by Gasteiger charge is -2.16. The fraction of sp³-hybridized carbons (Fsp3) is 0.455. The van der Waals surface area contributed by atoms with Crippen LogP contribution in [-0.2, 0) is 0 Å². The third-order valence-corrected chi connectivity index (χ3v) is 2.66. The first-order chi connectivity index (χ1) is 6.69. The minimum atomic E-state index is 0.300. The predicted molar refractivity (Wildman–Crippen MR) is 62.8 cm³/mol. The smallest absolute Gasteiger partial charge is 0.124 e. The number of benzene rings is 1. The highest BCUT2D eigenvalue weighted by Gasteiger charge is 2.09. The zero-order chi connectivity index (χ0) is 10.6. The predicted octanol–water partition coefficient (Wildman–Crippen LogP) is 3.13. The molecule has 0 amide bonds. The molecule has 0 fully saturated rings. The van der Waals surface area contributed by atoms with Gasteiger partial charge in [0.05, 0.1) is 6.61 Å². The van der Waals surface area contributed by atoms with Crippen LogP contribution in [0.15, 0.2) is 22.7 Å². The molecule has 0 heterocycles. The van der Waals surface area contributed by atoms with E-state index in [1.165, 1.54) is 5.56 Å². The molecule has 1 rings (SSSR count). The lowest BCUT2D eigenvalue weighted by molar-refractivity contribution is 0.333. The molecule has 0 aliphatic heterocycles. The van der Waals surface area contributed by atoms with Gasteiger partial charge >= 0.3 is 0 Å². The Morgan fingerprint density at radius 2 is 2.21 bits per heavy atom. The second-order valence-corrected chi connectivity index (χ2v) is 4.04. The summed E-state index contributed by atoms with van der Waals surface area (Å²) in [4.78, 5) is 0. The van der Waals surface area contributed by atoms with Gasteiger partial charge in [-0.3, -0.25) is 0 Å². The van der Waals surface area contributed by atoms with Crippen LogP contribution < -0.4 is 10.1 Å². The minimum absolute atomic E-state index is 0.300. The lowest BCUT2D eigenvalue weighted by Crippen LogP contribution is -2.13. The highest BCUT2D eigenvalue weighted by molar-refractivity contribution is 9.10. The van der Waals surface area contributed by atoms with Crippen molar-refractivity contribution in [1.29, 1.82) is 0 Å². The highest BCUT2D eigenvalue weighted by Crippen LogP contribution is 2.28. The van der Waals surface area contributed by atoms with Gasteiger partial charge in [0.25, 0.3) is 0 Å². The van der Waals surface area contributed by atoms with Crippen LogP contribution >= 0.6 is 15.9 Å². The van der Waals surface area contributed by atoms with Gasteiger partial charge in [0.15, 0.2) is 0 Å². The zero-order valence-corrected chi connectivity index (χ0v) is 10.4. The Labute approximate surface area is 93.8 Å². The van der Waals surface area contributed by atoms with Gasteiger partial charge in [-0.05, 0) is 39.1 Å². The van der Waals surface area contributed by atoms with Crippen molar-refractivity contribution in [1.82, 2.24) is 5.32 Å². The van der Waals surface area contributed by atoms with Gasteiger partial charge in [-0.15, -0.1) is 0 Å². The summed E-state index contributed by atoms with van der Waals surface area (Å²) in [5.41, 5.74) is 1.18. The fourth-order valence-electron chi connectivity index (χ4n) is 1.30. The van der Waals surface area contributed by atoms with Crippen molar-refractivity contribution in [2.45, 2.75) is 19.9 Å². The number of halogens is 1.